The molecule has 4 heteroatoms. The van der Waals surface area contributed by atoms with Crippen LogP contribution in [0.5, 0.6) is 11.5 Å². The number of methoxy groups -OCH3 is 1. The predicted octanol–water partition coefficient (Wildman–Crippen LogP) is 1.45. The number of rotatable bonds is 2. The van der Waals surface area contributed by atoms with E-state index >= 15 is 0 Å². The molecule has 1 aromatic carbocycles. The molecule has 0 radical (unpaired) electrons. The molecular formula is C10H12O4. The second-order valence-corrected chi connectivity index (χ2v) is 3.04. The van der Waals surface area contributed by atoms with Gasteiger partial charge in [-0.25, -0.2) is 0 Å². The second kappa shape index (κ2) is 3.86. The van der Waals surface area contributed by atoms with Crippen molar-refractivity contribution in [3.8, 4) is 11.5 Å². The fourth-order valence-corrected chi connectivity index (χ4v) is 1.41. The van der Waals surface area contributed by atoms with E-state index in [1.165, 1.54) is 0 Å². The van der Waals surface area contributed by atoms with Crippen molar-refractivity contribution in [1.29, 1.82) is 0 Å². The lowest BCUT2D eigenvalue weighted by Gasteiger charge is -2.11. The molecule has 1 heterocycles. The van der Waals surface area contributed by atoms with E-state index in [1.54, 1.807) is 25.3 Å². The lowest BCUT2D eigenvalue weighted by molar-refractivity contribution is -0.0443. The lowest BCUT2D eigenvalue weighted by atomic mass is 10.2. The van der Waals surface area contributed by atoms with Gasteiger partial charge in [-0.2, -0.15) is 0 Å². The molecule has 14 heavy (non-hydrogen) atoms. The zero-order chi connectivity index (χ0) is 9.97. The third-order valence-corrected chi connectivity index (χ3v) is 2.04. The summed E-state index contributed by atoms with van der Waals surface area (Å²) < 4.78 is 15.6. The van der Waals surface area contributed by atoms with Crippen LogP contribution in [-0.4, -0.2) is 25.4 Å². The highest BCUT2D eigenvalue weighted by atomic mass is 16.7. The molecule has 0 saturated carbocycles. The topological polar surface area (TPSA) is 47.9 Å². The average Bonchev–Trinajstić information content (AvgIpc) is 2.69. The predicted molar refractivity (Wildman–Crippen MR) is 49.3 cm³/mol. The van der Waals surface area contributed by atoms with Crippen LogP contribution in [0.3, 0.4) is 0 Å². The van der Waals surface area contributed by atoms with Gasteiger partial charge in [0.05, 0.1) is 20.3 Å². The molecule has 0 amide bonds. The summed E-state index contributed by atoms with van der Waals surface area (Å²) in [5.41, 5.74) is 0.777. The van der Waals surface area contributed by atoms with Gasteiger partial charge < -0.3 is 19.3 Å². The largest absolute Gasteiger partial charge is 0.508 e. The smallest absolute Gasteiger partial charge is 0.184 e. The van der Waals surface area contributed by atoms with Crippen LogP contribution >= 0.6 is 0 Å². The first-order chi connectivity index (χ1) is 6.79. The molecule has 0 spiro atoms. The van der Waals surface area contributed by atoms with Gasteiger partial charge in [0.1, 0.15) is 11.5 Å². The third-order valence-electron chi connectivity index (χ3n) is 2.04. The zero-order valence-corrected chi connectivity index (χ0v) is 7.90. The van der Waals surface area contributed by atoms with E-state index in [4.69, 9.17) is 14.2 Å². The van der Waals surface area contributed by atoms with E-state index < -0.39 is 0 Å². The molecule has 1 N–H and O–H groups in total. The molecule has 76 valence electrons. The first-order valence-electron chi connectivity index (χ1n) is 4.41. The number of phenolic OH excluding ortho intramolecular Hbond substituents is 1. The van der Waals surface area contributed by atoms with Crippen molar-refractivity contribution in [1.82, 2.24) is 0 Å². The van der Waals surface area contributed by atoms with Crippen LogP contribution < -0.4 is 4.74 Å². The molecule has 1 aliphatic rings. The number of aromatic hydroxyl groups is 1. The first kappa shape index (κ1) is 9.30. The fraction of sp³-hybridized carbons (Fsp3) is 0.400. The highest BCUT2D eigenvalue weighted by Gasteiger charge is 2.19. The molecule has 1 aliphatic heterocycles. The van der Waals surface area contributed by atoms with E-state index in [0.717, 1.165) is 5.56 Å². The molecule has 1 aromatic rings. The van der Waals surface area contributed by atoms with Crippen molar-refractivity contribution in [2.45, 2.75) is 6.29 Å². The maximum absolute atomic E-state index is 9.39. The van der Waals surface area contributed by atoms with E-state index in [9.17, 15) is 5.11 Å². The molecule has 1 fully saturated rings. The highest BCUT2D eigenvalue weighted by Crippen LogP contribution is 2.29. The van der Waals surface area contributed by atoms with Gasteiger partial charge in [0, 0.05) is 11.6 Å². The van der Waals surface area contributed by atoms with Crippen molar-refractivity contribution in [3.05, 3.63) is 23.8 Å². The Balaban J connectivity index is 2.27. The summed E-state index contributed by atoms with van der Waals surface area (Å²) in [5.74, 6) is 0.748. The van der Waals surface area contributed by atoms with Crippen molar-refractivity contribution in [3.63, 3.8) is 0 Å². The van der Waals surface area contributed by atoms with Crippen LogP contribution in [-0.2, 0) is 9.47 Å². The van der Waals surface area contributed by atoms with Crippen LogP contribution in [0.15, 0.2) is 18.2 Å². The van der Waals surface area contributed by atoms with E-state index in [-0.39, 0.29) is 12.0 Å². The fourth-order valence-electron chi connectivity index (χ4n) is 1.41. The van der Waals surface area contributed by atoms with E-state index in [2.05, 4.69) is 0 Å². The molecule has 2 rings (SSSR count). The SMILES string of the molecule is COc1cc(O)cc(C2OCCO2)c1. The van der Waals surface area contributed by atoms with Gasteiger partial charge in [-0.15, -0.1) is 0 Å². The second-order valence-electron chi connectivity index (χ2n) is 3.04. The number of hydrogen-bond donors (Lipinski definition) is 1. The van der Waals surface area contributed by atoms with E-state index in [0.29, 0.717) is 19.0 Å². The van der Waals surface area contributed by atoms with Crippen LogP contribution in [0, 0.1) is 0 Å². The van der Waals surface area contributed by atoms with Gasteiger partial charge in [-0.3, -0.25) is 0 Å². The Morgan fingerprint density at radius 1 is 1.29 bits per heavy atom. The summed E-state index contributed by atoms with van der Waals surface area (Å²) >= 11 is 0. The average molecular weight is 196 g/mol. The summed E-state index contributed by atoms with van der Waals surface area (Å²) in [6, 6.07) is 4.94. The standard InChI is InChI=1S/C10H12O4/c1-12-9-5-7(4-8(11)6-9)10-13-2-3-14-10/h4-6,10-11H,2-3H2,1H3. The van der Waals surface area contributed by atoms with Gasteiger partial charge >= 0.3 is 0 Å². The van der Waals surface area contributed by atoms with Crippen molar-refractivity contribution in [2.75, 3.05) is 20.3 Å². The minimum atomic E-state index is -0.379. The first-order valence-corrected chi connectivity index (χ1v) is 4.41. The van der Waals surface area contributed by atoms with Gasteiger partial charge in [0.25, 0.3) is 0 Å². The number of phenols is 1. The summed E-state index contributed by atoms with van der Waals surface area (Å²) in [4.78, 5) is 0. The van der Waals surface area contributed by atoms with Crippen LogP contribution in [0.4, 0.5) is 0 Å². The van der Waals surface area contributed by atoms with E-state index in [1.807, 2.05) is 0 Å². The lowest BCUT2D eigenvalue weighted by Crippen LogP contribution is -1.98. The molecule has 0 aromatic heterocycles. The Morgan fingerprint density at radius 2 is 2.00 bits per heavy atom. The minimum absolute atomic E-state index is 0.151. The Hall–Kier alpha value is -1.26. The number of benzene rings is 1. The Morgan fingerprint density at radius 3 is 2.64 bits per heavy atom. The van der Waals surface area contributed by atoms with Crippen molar-refractivity contribution in [2.24, 2.45) is 0 Å². The minimum Gasteiger partial charge on any atom is -0.508 e. The molecule has 4 nitrogen and oxygen atoms in total. The highest BCUT2D eigenvalue weighted by molar-refractivity contribution is 5.38. The van der Waals surface area contributed by atoms with Gasteiger partial charge in [0.2, 0.25) is 0 Å². The van der Waals surface area contributed by atoms with Crippen LogP contribution in [0.25, 0.3) is 0 Å². The number of ether oxygens (including phenoxy) is 3. The monoisotopic (exact) mass is 196 g/mol. The Labute approximate surface area is 82.0 Å². The molecule has 0 unspecified atom stereocenters. The van der Waals surface area contributed by atoms with Crippen LogP contribution in [0.2, 0.25) is 0 Å². The zero-order valence-electron chi connectivity index (χ0n) is 7.90. The maximum atomic E-state index is 9.39. The molecular weight excluding hydrogens is 184 g/mol. The summed E-state index contributed by atoms with van der Waals surface area (Å²) in [7, 11) is 1.55. The maximum Gasteiger partial charge on any atom is 0.184 e. The normalized spacial score (nSPS) is 17.2. The molecule has 0 bridgehead atoms. The van der Waals surface area contributed by atoms with Crippen molar-refractivity contribution >= 4 is 0 Å². The molecule has 0 aliphatic carbocycles. The summed E-state index contributed by atoms with van der Waals surface area (Å²) in [5, 5.41) is 9.39. The summed E-state index contributed by atoms with van der Waals surface area (Å²) in [6.45, 7) is 1.17. The van der Waals surface area contributed by atoms with Gasteiger partial charge in [-0.05, 0) is 12.1 Å². The van der Waals surface area contributed by atoms with Crippen molar-refractivity contribution < 1.29 is 19.3 Å². The van der Waals surface area contributed by atoms with Gasteiger partial charge in [-0.1, -0.05) is 0 Å². The Bertz CT molecular complexity index is 318. The third kappa shape index (κ3) is 1.81. The summed E-state index contributed by atoms with van der Waals surface area (Å²) in [6.07, 6.45) is -0.379. The number of hydrogen-bond acceptors (Lipinski definition) is 4. The van der Waals surface area contributed by atoms with Gasteiger partial charge in [0.15, 0.2) is 6.29 Å². The quantitative estimate of drug-likeness (QED) is 0.777. The Kier molecular flexibility index (Phi) is 2.56. The van der Waals surface area contributed by atoms with Crippen LogP contribution in [0.1, 0.15) is 11.9 Å². The molecule has 0 atom stereocenters. The molecule has 1 saturated heterocycles.